The molecule has 4 rings (SSSR count). The van der Waals surface area contributed by atoms with Crippen LogP contribution in [0.5, 0.6) is 11.5 Å². The molecular weight excluding hydrogens is 426 g/mol. The van der Waals surface area contributed by atoms with Crippen molar-refractivity contribution >= 4 is 33.9 Å². The zero-order chi connectivity index (χ0) is 22.5. The molecule has 1 atom stereocenters. The van der Waals surface area contributed by atoms with Gasteiger partial charge in [0.15, 0.2) is 5.11 Å². The van der Waals surface area contributed by atoms with Gasteiger partial charge in [0.1, 0.15) is 11.5 Å². The first-order valence-electron chi connectivity index (χ1n) is 10.6. The lowest BCUT2D eigenvalue weighted by atomic mass is 10.1. The summed E-state index contributed by atoms with van der Waals surface area (Å²) in [6.45, 7) is 1.75. The van der Waals surface area contributed by atoms with E-state index < -0.39 is 0 Å². The molecule has 0 saturated carbocycles. The molecule has 7 nitrogen and oxygen atoms in total. The summed E-state index contributed by atoms with van der Waals surface area (Å²) in [6.07, 6.45) is 2.11. The molecule has 0 amide bonds. The van der Waals surface area contributed by atoms with Crippen LogP contribution in [-0.2, 0) is 11.3 Å². The van der Waals surface area contributed by atoms with E-state index in [1.165, 1.54) is 0 Å². The van der Waals surface area contributed by atoms with Crippen LogP contribution in [0.15, 0.2) is 53.3 Å². The van der Waals surface area contributed by atoms with Gasteiger partial charge < -0.3 is 29.4 Å². The number of rotatable bonds is 7. The molecule has 32 heavy (non-hydrogen) atoms. The number of anilines is 1. The van der Waals surface area contributed by atoms with Gasteiger partial charge >= 0.3 is 0 Å². The van der Waals surface area contributed by atoms with Crippen molar-refractivity contribution in [1.82, 2.24) is 9.88 Å². The second kappa shape index (κ2) is 10.0. The van der Waals surface area contributed by atoms with Gasteiger partial charge in [0.2, 0.25) is 0 Å². The minimum Gasteiger partial charge on any atom is -0.497 e. The van der Waals surface area contributed by atoms with Crippen molar-refractivity contribution in [2.75, 3.05) is 32.7 Å². The Bertz CT molecular complexity index is 1140. The van der Waals surface area contributed by atoms with Gasteiger partial charge in [0, 0.05) is 30.5 Å². The molecule has 2 heterocycles. The Labute approximate surface area is 192 Å². The number of H-pyrrole nitrogens is 1. The van der Waals surface area contributed by atoms with E-state index in [0.29, 0.717) is 29.5 Å². The Morgan fingerprint density at radius 3 is 2.59 bits per heavy atom. The molecule has 168 valence electrons. The van der Waals surface area contributed by atoms with Crippen molar-refractivity contribution in [1.29, 1.82) is 0 Å². The molecule has 1 saturated heterocycles. The van der Waals surface area contributed by atoms with Crippen molar-refractivity contribution in [2.45, 2.75) is 25.5 Å². The van der Waals surface area contributed by atoms with Gasteiger partial charge in [-0.15, -0.1) is 0 Å². The van der Waals surface area contributed by atoms with Gasteiger partial charge in [-0.25, -0.2) is 0 Å². The SMILES string of the molecule is COc1ccc(NC(=S)N(Cc2cc3ccc(OC)cc3[nH]c2=O)C[C@H]2CCCO2)cc1. The molecule has 1 aliphatic heterocycles. The summed E-state index contributed by atoms with van der Waals surface area (Å²) in [5.74, 6) is 1.47. The minimum absolute atomic E-state index is 0.0921. The van der Waals surface area contributed by atoms with Gasteiger partial charge in [0.05, 0.1) is 32.4 Å². The third-order valence-corrected chi connectivity index (χ3v) is 5.93. The number of pyridine rings is 1. The van der Waals surface area contributed by atoms with Crippen LogP contribution in [0.1, 0.15) is 18.4 Å². The number of benzene rings is 2. The van der Waals surface area contributed by atoms with E-state index in [9.17, 15) is 4.79 Å². The quantitative estimate of drug-likeness (QED) is 0.525. The third-order valence-electron chi connectivity index (χ3n) is 5.57. The van der Waals surface area contributed by atoms with Crippen LogP contribution in [-0.4, -0.2) is 48.5 Å². The minimum atomic E-state index is -0.143. The number of nitrogens with one attached hydrogen (secondary N) is 2. The van der Waals surface area contributed by atoms with Crippen LogP contribution < -0.4 is 20.3 Å². The van der Waals surface area contributed by atoms with E-state index in [1.54, 1.807) is 14.2 Å². The topological polar surface area (TPSA) is 75.8 Å². The molecule has 1 fully saturated rings. The van der Waals surface area contributed by atoms with Gasteiger partial charge in [-0.1, -0.05) is 0 Å². The Kier molecular flexibility index (Phi) is 6.92. The largest absolute Gasteiger partial charge is 0.497 e. The molecule has 2 N–H and O–H groups in total. The molecule has 8 heteroatoms. The number of hydrogen-bond donors (Lipinski definition) is 2. The summed E-state index contributed by atoms with van der Waals surface area (Å²) in [6, 6.07) is 15.1. The van der Waals surface area contributed by atoms with Crippen molar-refractivity contribution in [3.05, 3.63) is 64.4 Å². The molecule has 0 spiro atoms. The highest BCUT2D eigenvalue weighted by molar-refractivity contribution is 7.80. The predicted molar refractivity (Wildman–Crippen MR) is 130 cm³/mol. The first-order valence-corrected chi connectivity index (χ1v) is 11.0. The normalized spacial score (nSPS) is 15.5. The van der Waals surface area contributed by atoms with Gasteiger partial charge in [-0.05, 0) is 72.9 Å². The molecule has 3 aromatic rings. The van der Waals surface area contributed by atoms with Gasteiger partial charge in [0.25, 0.3) is 5.56 Å². The molecule has 0 aliphatic carbocycles. The molecule has 2 aromatic carbocycles. The number of hydrogen-bond acceptors (Lipinski definition) is 5. The number of nitrogens with zero attached hydrogens (tertiary/aromatic N) is 1. The Hall–Kier alpha value is -3.10. The molecular formula is C24H27N3O4S. The lowest BCUT2D eigenvalue weighted by Gasteiger charge is -2.28. The average molecular weight is 454 g/mol. The van der Waals surface area contributed by atoms with Crippen LogP contribution in [0.25, 0.3) is 10.9 Å². The van der Waals surface area contributed by atoms with Crippen molar-refractivity contribution in [2.24, 2.45) is 0 Å². The number of methoxy groups -OCH3 is 2. The highest BCUT2D eigenvalue weighted by Gasteiger charge is 2.22. The molecule has 0 radical (unpaired) electrons. The zero-order valence-corrected chi connectivity index (χ0v) is 19.0. The molecule has 1 aliphatic rings. The number of ether oxygens (including phenoxy) is 3. The second-order valence-corrected chi connectivity index (χ2v) is 8.14. The maximum Gasteiger partial charge on any atom is 0.253 e. The van der Waals surface area contributed by atoms with Crippen molar-refractivity contribution < 1.29 is 14.2 Å². The van der Waals surface area contributed by atoms with Crippen molar-refractivity contribution in [3.63, 3.8) is 0 Å². The van der Waals surface area contributed by atoms with E-state index in [2.05, 4.69) is 10.3 Å². The first-order chi connectivity index (χ1) is 15.6. The monoisotopic (exact) mass is 453 g/mol. The summed E-state index contributed by atoms with van der Waals surface area (Å²) < 4.78 is 16.3. The number of aromatic nitrogens is 1. The van der Waals surface area contributed by atoms with Gasteiger partial charge in [-0.3, -0.25) is 4.79 Å². The zero-order valence-electron chi connectivity index (χ0n) is 18.2. The molecule has 0 bridgehead atoms. The Balaban J connectivity index is 1.57. The Morgan fingerprint density at radius 1 is 1.16 bits per heavy atom. The van der Waals surface area contributed by atoms with Crippen LogP contribution >= 0.6 is 12.2 Å². The molecule has 1 aromatic heterocycles. The maximum absolute atomic E-state index is 12.8. The fourth-order valence-electron chi connectivity index (χ4n) is 3.81. The smallest absolute Gasteiger partial charge is 0.253 e. The van der Waals surface area contributed by atoms with Crippen LogP contribution in [0, 0.1) is 0 Å². The van der Waals surface area contributed by atoms with E-state index in [-0.39, 0.29) is 11.7 Å². The lowest BCUT2D eigenvalue weighted by molar-refractivity contribution is 0.0904. The van der Waals surface area contributed by atoms with E-state index >= 15 is 0 Å². The van der Waals surface area contributed by atoms with Gasteiger partial charge in [-0.2, -0.15) is 0 Å². The van der Waals surface area contributed by atoms with Crippen molar-refractivity contribution in [3.8, 4) is 11.5 Å². The van der Waals surface area contributed by atoms with Crippen LogP contribution in [0.2, 0.25) is 0 Å². The fraction of sp³-hybridized carbons (Fsp3) is 0.333. The summed E-state index contributed by atoms with van der Waals surface area (Å²) in [5, 5.41) is 4.75. The molecule has 0 unspecified atom stereocenters. The van der Waals surface area contributed by atoms with E-state index in [0.717, 1.165) is 41.8 Å². The summed E-state index contributed by atoms with van der Waals surface area (Å²) in [5.41, 5.74) is 2.09. The lowest BCUT2D eigenvalue weighted by Crippen LogP contribution is -2.40. The number of thiocarbonyl (C=S) groups is 1. The number of aromatic amines is 1. The van der Waals surface area contributed by atoms with Crippen LogP contribution in [0.3, 0.4) is 0 Å². The fourth-order valence-corrected chi connectivity index (χ4v) is 4.06. The van der Waals surface area contributed by atoms with Crippen LogP contribution in [0.4, 0.5) is 5.69 Å². The Morgan fingerprint density at radius 2 is 1.91 bits per heavy atom. The highest BCUT2D eigenvalue weighted by atomic mass is 32.1. The first kappa shape index (κ1) is 22.1. The van der Waals surface area contributed by atoms with E-state index in [1.807, 2.05) is 53.4 Å². The third kappa shape index (κ3) is 5.20. The summed E-state index contributed by atoms with van der Waals surface area (Å²) >= 11 is 5.72. The maximum atomic E-state index is 12.8. The van der Waals surface area contributed by atoms with E-state index in [4.69, 9.17) is 26.4 Å². The predicted octanol–water partition coefficient (Wildman–Crippen LogP) is 3.92. The average Bonchev–Trinajstić information content (AvgIpc) is 3.32. The number of fused-ring (bicyclic) bond motifs is 1. The standard InChI is InChI=1S/C24H27N3O4S/c1-29-19-9-6-18(7-10-19)25-24(32)27(15-21-4-3-11-31-21)14-17-12-16-5-8-20(30-2)13-22(16)26-23(17)28/h5-10,12-13,21H,3-4,11,14-15H2,1-2H3,(H,25,32)(H,26,28)/t21-/m1/s1. The highest BCUT2D eigenvalue weighted by Crippen LogP contribution is 2.21. The summed E-state index contributed by atoms with van der Waals surface area (Å²) in [7, 11) is 3.24. The summed E-state index contributed by atoms with van der Waals surface area (Å²) in [4.78, 5) is 17.8. The second-order valence-electron chi connectivity index (χ2n) is 7.75.